The minimum Gasteiger partial charge on any atom is -0.461 e. The Balaban J connectivity index is 2.11. The molecule has 2 rings (SSSR count). The van der Waals surface area contributed by atoms with Crippen molar-refractivity contribution >= 4 is 5.97 Å². The van der Waals surface area contributed by atoms with Gasteiger partial charge in [-0.2, -0.15) is 0 Å². The van der Waals surface area contributed by atoms with Crippen LogP contribution in [0.1, 0.15) is 36.3 Å². The molecule has 0 radical (unpaired) electrons. The molecule has 104 valence electrons. The first-order valence-corrected chi connectivity index (χ1v) is 6.58. The number of carbonyl (C=O) groups excluding carboxylic acids is 1. The maximum Gasteiger partial charge on any atom is 0.357 e. The lowest BCUT2D eigenvalue weighted by molar-refractivity contribution is -0.0327. The van der Waals surface area contributed by atoms with Gasteiger partial charge < -0.3 is 9.47 Å². The minimum atomic E-state index is -0.422. The molecule has 0 spiro atoms. The Hall–Kier alpha value is -1.53. The average molecular weight is 265 g/mol. The van der Waals surface area contributed by atoms with Gasteiger partial charge in [0.05, 0.1) is 13.2 Å². The predicted molar refractivity (Wildman–Crippen MR) is 68.8 cm³/mol. The number of ether oxygens (including phenoxy) is 2. The number of hydrogen-bond acceptors (Lipinski definition) is 6. The van der Waals surface area contributed by atoms with Gasteiger partial charge >= 0.3 is 5.97 Å². The van der Waals surface area contributed by atoms with E-state index in [2.05, 4.69) is 21.8 Å². The van der Waals surface area contributed by atoms with Crippen molar-refractivity contribution in [2.75, 3.05) is 32.8 Å². The van der Waals surface area contributed by atoms with E-state index in [9.17, 15) is 4.79 Å². The molecule has 1 fully saturated rings. The summed E-state index contributed by atoms with van der Waals surface area (Å²) in [6, 6.07) is 1.56. The summed E-state index contributed by atoms with van der Waals surface area (Å²) in [7, 11) is 0. The van der Waals surface area contributed by atoms with Crippen molar-refractivity contribution in [2.24, 2.45) is 0 Å². The molecule has 6 nitrogen and oxygen atoms in total. The molecule has 1 atom stereocenters. The molecule has 1 saturated heterocycles. The number of carbonyl (C=O) groups is 1. The Morgan fingerprint density at radius 3 is 3.16 bits per heavy atom. The second-order valence-electron chi connectivity index (χ2n) is 4.27. The smallest absolute Gasteiger partial charge is 0.357 e. The van der Waals surface area contributed by atoms with Crippen molar-refractivity contribution in [1.82, 2.24) is 14.9 Å². The number of nitrogens with zero attached hydrogens (tertiary/aromatic N) is 3. The van der Waals surface area contributed by atoms with Crippen LogP contribution in [0.5, 0.6) is 0 Å². The summed E-state index contributed by atoms with van der Waals surface area (Å²) < 4.78 is 10.6. The Kier molecular flexibility index (Phi) is 4.81. The van der Waals surface area contributed by atoms with Crippen molar-refractivity contribution in [3.05, 3.63) is 23.8 Å². The average Bonchev–Trinajstić information content (AvgIpc) is 2.48. The van der Waals surface area contributed by atoms with Crippen LogP contribution in [-0.2, 0) is 9.47 Å². The van der Waals surface area contributed by atoms with Gasteiger partial charge in [-0.25, -0.2) is 14.8 Å². The van der Waals surface area contributed by atoms with Gasteiger partial charge in [-0.05, 0) is 19.5 Å². The van der Waals surface area contributed by atoms with Crippen molar-refractivity contribution < 1.29 is 14.3 Å². The molecule has 2 heterocycles. The van der Waals surface area contributed by atoms with Gasteiger partial charge in [0.15, 0.2) is 11.5 Å². The van der Waals surface area contributed by atoms with E-state index in [0.717, 1.165) is 19.6 Å². The molecule has 0 saturated carbocycles. The first kappa shape index (κ1) is 13.9. The number of morpholine rings is 1. The molecule has 6 heteroatoms. The van der Waals surface area contributed by atoms with E-state index in [-0.39, 0.29) is 11.8 Å². The quantitative estimate of drug-likeness (QED) is 0.758. The maximum atomic E-state index is 11.6. The van der Waals surface area contributed by atoms with Crippen molar-refractivity contribution in [2.45, 2.75) is 20.0 Å². The van der Waals surface area contributed by atoms with E-state index in [1.54, 1.807) is 19.2 Å². The molecule has 0 amide bonds. The normalized spacial score (nSPS) is 20.2. The highest BCUT2D eigenvalue weighted by atomic mass is 16.5. The van der Waals surface area contributed by atoms with Gasteiger partial charge in [0.1, 0.15) is 6.10 Å². The second-order valence-corrected chi connectivity index (χ2v) is 4.27. The van der Waals surface area contributed by atoms with Crippen LogP contribution < -0.4 is 0 Å². The predicted octanol–water partition coefficient (Wildman–Crippen LogP) is 1.05. The first-order valence-electron chi connectivity index (χ1n) is 6.58. The van der Waals surface area contributed by atoms with Gasteiger partial charge in [0.25, 0.3) is 0 Å². The van der Waals surface area contributed by atoms with Crippen LogP contribution in [0.3, 0.4) is 0 Å². The summed E-state index contributed by atoms with van der Waals surface area (Å²) in [5, 5.41) is 0. The van der Waals surface area contributed by atoms with Crippen molar-refractivity contribution in [3.8, 4) is 0 Å². The Morgan fingerprint density at radius 2 is 2.42 bits per heavy atom. The van der Waals surface area contributed by atoms with Gasteiger partial charge in [-0.15, -0.1) is 0 Å². The van der Waals surface area contributed by atoms with E-state index in [4.69, 9.17) is 9.47 Å². The lowest BCUT2D eigenvalue weighted by Gasteiger charge is -2.31. The summed E-state index contributed by atoms with van der Waals surface area (Å²) in [6.45, 7) is 7.51. The van der Waals surface area contributed by atoms with Crippen molar-refractivity contribution in [1.29, 1.82) is 0 Å². The Bertz CT molecular complexity index is 439. The third-order valence-electron chi connectivity index (χ3n) is 3.04. The van der Waals surface area contributed by atoms with Crippen LogP contribution in [-0.4, -0.2) is 53.7 Å². The molecule has 0 N–H and O–H groups in total. The zero-order valence-electron chi connectivity index (χ0n) is 11.3. The standard InChI is InChI=1S/C13H19N3O3/c1-3-16-7-8-19-11(9-16)12-14-6-5-10(15-12)13(17)18-4-2/h5-6,11H,3-4,7-9H2,1-2H3. The molecule has 1 aromatic heterocycles. The van der Waals surface area contributed by atoms with Crippen LogP contribution in [0, 0.1) is 0 Å². The summed E-state index contributed by atoms with van der Waals surface area (Å²) >= 11 is 0. The summed E-state index contributed by atoms with van der Waals surface area (Å²) in [5.41, 5.74) is 0.282. The fourth-order valence-corrected chi connectivity index (χ4v) is 1.99. The molecule has 19 heavy (non-hydrogen) atoms. The van der Waals surface area contributed by atoms with Gasteiger partial charge in [-0.3, -0.25) is 4.90 Å². The zero-order valence-corrected chi connectivity index (χ0v) is 11.3. The third-order valence-corrected chi connectivity index (χ3v) is 3.04. The minimum absolute atomic E-state index is 0.178. The molecule has 0 aromatic carbocycles. The topological polar surface area (TPSA) is 64.5 Å². The molecule has 0 aliphatic carbocycles. The Labute approximate surface area is 112 Å². The van der Waals surface area contributed by atoms with Crippen LogP contribution in [0.4, 0.5) is 0 Å². The number of hydrogen-bond donors (Lipinski definition) is 0. The molecule has 1 unspecified atom stereocenters. The molecule has 0 bridgehead atoms. The van der Waals surface area contributed by atoms with E-state index in [1.807, 2.05) is 0 Å². The van der Waals surface area contributed by atoms with Crippen LogP contribution in [0.15, 0.2) is 12.3 Å². The highest BCUT2D eigenvalue weighted by Crippen LogP contribution is 2.18. The SMILES string of the molecule is CCOC(=O)c1ccnc(C2CN(CC)CCO2)n1. The zero-order chi connectivity index (χ0) is 13.7. The highest BCUT2D eigenvalue weighted by Gasteiger charge is 2.24. The van der Waals surface area contributed by atoms with Gasteiger partial charge in [0, 0.05) is 19.3 Å². The highest BCUT2D eigenvalue weighted by molar-refractivity contribution is 5.87. The van der Waals surface area contributed by atoms with Crippen LogP contribution in [0.2, 0.25) is 0 Å². The van der Waals surface area contributed by atoms with Gasteiger partial charge in [0.2, 0.25) is 0 Å². The van der Waals surface area contributed by atoms with Crippen LogP contribution >= 0.6 is 0 Å². The van der Waals surface area contributed by atoms with E-state index in [0.29, 0.717) is 19.0 Å². The first-order chi connectivity index (χ1) is 9.24. The monoisotopic (exact) mass is 265 g/mol. The summed E-state index contributed by atoms with van der Waals surface area (Å²) in [6.07, 6.45) is 1.39. The summed E-state index contributed by atoms with van der Waals surface area (Å²) in [5.74, 6) is 0.123. The fourth-order valence-electron chi connectivity index (χ4n) is 1.99. The lowest BCUT2D eigenvalue weighted by Crippen LogP contribution is -2.38. The third kappa shape index (κ3) is 3.48. The molecular formula is C13H19N3O3. The number of likely N-dealkylation sites (N-methyl/N-ethyl adjacent to an activating group) is 1. The van der Waals surface area contributed by atoms with E-state index >= 15 is 0 Å². The lowest BCUT2D eigenvalue weighted by atomic mass is 10.2. The van der Waals surface area contributed by atoms with Crippen LogP contribution in [0.25, 0.3) is 0 Å². The summed E-state index contributed by atoms with van der Waals surface area (Å²) in [4.78, 5) is 22.4. The molecule has 1 aromatic rings. The number of rotatable bonds is 4. The fraction of sp³-hybridized carbons (Fsp3) is 0.615. The molecular weight excluding hydrogens is 246 g/mol. The van der Waals surface area contributed by atoms with Gasteiger partial charge in [-0.1, -0.05) is 6.92 Å². The molecule has 1 aliphatic rings. The maximum absolute atomic E-state index is 11.6. The van der Waals surface area contributed by atoms with E-state index in [1.165, 1.54) is 0 Å². The second kappa shape index (κ2) is 6.58. The number of esters is 1. The largest absolute Gasteiger partial charge is 0.461 e. The van der Waals surface area contributed by atoms with E-state index < -0.39 is 5.97 Å². The van der Waals surface area contributed by atoms with Crippen molar-refractivity contribution in [3.63, 3.8) is 0 Å². The molecule has 1 aliphatic heterocycles. The number of aromatic nitrogens is 2. The Morgan fingerprint density at radius 1 is 1.58 bits per heavy atom.